The summed E-state index contributed by atoms with van der Waals surface area (Å²) in [5, 5.41) is 10.3. The predicted molar refractivity (Wildman–Crippen MR) is 25.7 cm³/mol. The Kier molecular flexibility index (Phi) is 1.33. The molecule has 0 bridgehead atoms. The average Bonchev–Trinajstić information content (AvgIpc) is 1.35. The molecule has 0 radical (unpaired) electrons. The van der Waals surface area contributed by atoms with Crippen LogP contribution in [0.25, 0.3) is 0 Å². The molecule has 0 aromatic rings. The third kappa shape index (κ3) is 3.66. The van der Waals surface area contributed by atoms with Crippen molar-refractivity contribution in [2.75, 3.05) is 14.1 Å². The second-order valence-electron chi connectivity index (χ2n) is 1.62. The number of hydrogen-bond acceptors (Lipinski definition) is 1. The molecule has 0 saturated carbocycles. The summed E-state index contributed by atoms with van der Waals surface area (Å²) >= 11 is 0. The maximum Gasteiger partial charge on any atom is 0.0881 e. The van der Waals surface area contributed by atoms with Crippen molar-refractivity contribution in [2.45, 2.75) is 0 Å². The maximum atomic E-state index is 10.3. The Hall–Kier alpha value is -0.340. The number of quaternary nitrogens is 1. The normalized spacial score (nSPS) is 11.2. The summed E-state index contributed by atoms with van der Waals surface area (Å²) in [7, 11) is 3.01. The molecule has 0 amide bonds. The molecule has 0 aliphatic rings. The lowest BCUT2D eigenvalue weighted by molar-refractivity contribution is -0.784. The molecule has 0 fully saturated rings. The standard InChI is InChI=1S/C4H9NO/c1-4-5(2,3)6/h4H,1H2,2-3H3. The van der Waals surface area contributed by atoms with Crippen molar-refractivity contribution < 1.29 is 4.65 Å². The van der Waals surface area contributed by atoms with Gasteiger partial charge in [-0.3, -0.25) is 0 Å². The molecule has 0 spiro atoms. The van der Waals surface area contributed by atoms with Gasteiger partial charge in [-0.2, -0.15) is 0 Å². The van der Waals surface area contributed by atoms with Crippen molar-refractivity contribution in [1.29, 1.82) is 0 Å². The first-order valence-corrected chi connectivity index (χ1v) is 1.74. The van der Waals surface area contributed by atoms with E-state index >= 15 is 0 Å². The number of hydrogen-bond donors (Lipinski definition) is 0. The van der Waals surface area contributed by atoms with Crippen molar-refractivity contribution in [2.24, 2.45) is 0 Å². The molecular formula is C4H9NO. The van der Waals surface area contributed by atoms with Crippen molar-refractivity contribution in [3.05, 3.63) is 18.0 Å². The molecule has 2 nitrogen and oxygen atoms in total. The number of hydroxylamine groups is 3. The van der Waals surface area contributed by atoms with E-state index in [9.17, 15) is 5.21 Å². The lowest BCUT2D eigenvalue weighted by Crippen LogP contribution is -2.23. The minimum absolute atomic E-state index is 0.417. The van der Waals surface area contributed by atoms with Gasteiger partial charge in [0.2, 0.25) is 0 Å². The monoisotopic (exact) mass is 87.1 g/mol. The molecule has 36 valence electrons. The fourth-order valence-corrected chi connectivity index (χ4v) is 0. The Morgan fingerprint density at radius 3 is 1.83 bits per heavy atom. The van der Waals surface area contributed by atoms with E-state index in [1.54, 1.807) is 0 Å². The van der Waals surface area contributed by atoms with Crippen LogP contribution in [0.5, 0.6) is 0 Å². The van der Waals surface area contributed by atoms with Gasteiger partial charge in [0.05, 0.1) is 20.3 Å². The fraction of sp³-hybridized carbons (Fsp3) is 0.500. The minimum atomic E-state index is -0.417. The molecule has 0 aliphatic heterocycles. The molecule has 0 aliphatic carbocycles. The Labute approximate surface area is 37.9 Å². The fourth-order valence-electron chi connectivity index (χ4n) is 0. The summed E-state index contributed by atoms with van der Waals surface area (Å²) in [5.74, 6) is 0. The van der Waals surface area contributed by atoms with Crippen molar-refractivity contribution in [3.8, 4) is 0 Å². The third-order valence-corrected chi connectivity index (χ3v) is 0.440. The van der Waals surface area contributed by atoms with Crippen LogP contribution in [-0.4, -0.2) is 18.7 Å². The van der Waals surface area contributed by atoms with E-state index in [-0.39, 0.29) is 0 Å². The van der Waals surface area contributed by atoms with Gasteiger partial charge in [0, 0.05) is 0 Å². The minimum Gasteiger partial charge on any atom is -0.628 e. The van der Waals surface area contributed by atoms with E-state index in [0.29, 0.717) is 0 Å². The van der Waals surface area contributed by atoms with Crippen LogP contribution < -0.4 is 0 Å². The van der Waals surface area contributed by atoms with Crippen LogP contribution in [0.2, 0.25) is 0 Å². The highest BCUT2D eigenvalue weighted by molar-refractivity contribution is 4.49. The van der Waals surface area contributed by atoms with E-state index in [2.05, 4.69) is 6.58 Å². The molecule has 2 heteroatoms. The second kappa shape index (κ2) is 1.41. The Bertz CT molecular complexity index is 53.1. The molecule has 6 heavy (non-hydrogen) atoms. The first-order valence-electron chi connectivity index (χ1n) is 1.74. The van der Waals surface area contributed by atoms with Gasteiger partial charge in [-0.15, -0.1) is 0 Å². The third-order valence-electron chi connectivity index (χ3n) is 0.440. The smallest absolute Gasteiger partial charge is 0.0881 e. The number of nitrogens with zero attached hydrogens (tertiary/aromatic N) is 1. The molecule has 0 atom stereocenters. The van der Waals surface area contributed by atoms with Gasteiger partial charge in [0.25, 0.3) is 0 Å². The summed E-state index contributed by atoms with van der Waals surface area (Å²) in [6.07, 6.45) is 1.32. The molecule has 0 N–H and O–H groups in total. The second-order valence-corrected chi connectivity index (χ2v) is 1.62. The summed E-state index contributed by atoms with van der Waals surface area (Å²) in [4.78, 5) is 0. The van der Waals surface area contributed by atoms with E-state index < -0.39 is 4.65 Å². The molecule has 0 aromatic carbocycles. The summed E-state index contributed by atoms with van der Waals surface area (Å²) < 4.78 is -0.417. The van der Waals surface area contributed by atoms with E-state index in [1.165, 1.54) is 20.3 Å². The zero-order chi connectivity index (χ0) is 5.21. The predicted octanol–water partition coefficient (Wildman–Crippen LogP) is 0.704. The van der Waals surface area contributed by atoms with Crippen LogP contribution in [0.4, 0.5) is 0 Å². The van der Waals surface area contributed by atoms with Gasteiger partial charge in [-0.05, 0) is 6.58 Å². The van der Waals surface area contributed by atoms with Crippen molar-refractivity contribution in [1.82, 2.24) is 0 Å². The van der Waals surface area contributed by atoms with Gasteiger partial charge in [0.1, 0.15) is 0 Å². The zero-order valence-electron chi connectivity index (χ0n) is 4.14. The lowest BCUT2D eigenvalue weighted by Gasteiger charge is -2.27. The summed E-state index contributed by atoms with van der Waals surface area (Å²) in [5.41, 5.74) is 0. The van der Waals surface area contributed by atoms with Gasteiger partial charge in [-0.1, -0.05) is 0 Å². The highest BCUT2D eigenvalue weighted by Crippen LogP contribution is 1.87. The molecule has 0 rings (SSSR count). The largest absolute Gasteiger partial charge is 0.628 e. The van der Waals surface area contributed by atoms with Crippen LogP contribution >= 0.6 is 0 Å². The highest BCUT2D eigenvalue weighted by Gasteiger charge is 1.85. The van der Waals surface area contributed by atoms with Gasteiger partial charge >= 0.3 is 0 Å². The van der Waals surface area contributed by atoms with Crippen molar-refractivity contribution in [3.63, 3.8) is 0 Å². The molecule has 0 unspecified atom stereocenters. The van der Waals surface area contributed by atoms with Gasteiger partial charge < -0.3 is 9.85 Å². The number of rotatable bonds is 1. The van der Waals surface area contributed by atoms with Crippen LogP contribution in [0.1, 0.15) is 0 Å². The van der Waals surface area contributed by atoms with Crippen LogP contribution in [0.3, 0.4) is 0 Å². The van der Waals surface area contributed by atoms with Gasteiger partial charge in [0.15, 0.2) is 0 Å². The van der Waals surface area contributed by atoms with Crippen LogP contribution in [-0.2, 0) is 0 Å². The Morgan fingerprint density at radius 1 is 1.67 bits per heavy atom. The van der Waals surface area contributed by atoms with Crippen LogP contribution in [0.15, 0.2) is 12.8 Å². The van der Waals surface area contributed by atoms with Crippen molar-refractivity contribution >= 4 is 0 Å². The zero-order valence-corrected chi connectivity index (χ0v) is 4.14. The maximum absolute atomic E-state index is 10.3. The first kappa shape index (κ1) is 5.66. The average molecular weight is 87.1 g/mol. The van der Waals surface area contributed by atoms with Crippen LogP contribution in [0, 0.1) is 5.21 Å². The molecular weight excluding hydrogens is 78.0 g/mol. The summed E-state index contributed by atoms with van der Waals surface area (Å²) in [6.45, 7) is 3.29. The Balaban J connectivity index is 3.45. The summed E-state index contributed by atoms with van der Waals surface area (Å²) in [6, 6.07) is 0. The first-order chi connectivity index (χ1) is 2.56. The quantitative estimate of drug-likeness (QED) is 0.341. The van der Waals surface area contributed by atoms with E-state index in [4.69, 9.17) is 0 Å². The molecule has 0 aromatic heterocycles. The Morgan fingerprint density at radius 2 is 1.83 bits per heavy atom. The lowest BCUT2D eigenvalue weighted by atomic mass is 10.8. The highest BCUT2D eigenvalue weighted by atomic mass is 16.5. The van der Waals surface area contributed by atoms with Gasteiger partial charge in [-0.25, -0.2) is 0 Å². The van der Waals surface area contributed by atoms with E-state index in [1.807, 2.05) is 0 Å². The van der Waals surface area contributed by atoms with E-state index in [0.717, 1.165) is 0 Å². The SMILES string of the molecule is C=C[N+](C)(C)[O-]. The molecule has 0 saturated heterocycles. The topological polar surface area (TPSA) is 23.1 Å². The molecule has 0 heterocycles.